The van der Waals surface area contributed by atoms with Crippen molar-refractivity contribution in [1.29, 1.82) is 0 Å². The third kappa shape index (κ3) is 4.06. The first-order valence-corrected chi connectivity index (χ1v) is 6.79. The summed E-state index contributed by atoms with van der Waals surface area (Å²) in [6.45, 7) is 0.128. The fourth-order valence-electron chi connectivity index (χ4n) is 1.91. The summed E-state index contributed by atoms with van der Waals surface area (Å²) in [5.74, 6) is -1.51. The monoisotopic (exact) mass is 334 g/mol. The number of carbonyl (C=O) groups excluding carboxylic acids is 1. The van der Waals surface area contributed by atoms with Crippen LogP contribution in [0.15, 0.2) is 30.5 Å². The van der Waals surface area contributed by atoms with Gasteiger partial charge in [0.05, 0.1) is 24.1 Å². The first-order valence-electron chi connectivity index (χ1n) is 6.79. The zero-order valence-corrected chi connectivity index (χ0v) is 12.6. The van der Waals surface area contributed by atoms with E-state index in [1.807, 2.05) is 0 Å². The predicted molar refractivity (Wildman–Crippen MR) is 82.1 cm³/mol. The number of ether oxygens (including phenoxy) is 1. The van der Waals surface area contributed by atoms with Crippen molar-refractivity contribution >= 4 is 23.3 Å². The van der Waals surface area contributed by atoms with Crippen molar-refractivity contribution in [3.8, 4) is 5.88 Å². The van der Waals surface area contributed by atoms with Gasteiger partial charge in [0.15, 0.2) is 0 Å². The van der Waals surface area contributed by atoms with Gasteiger partial charge in [-0.05, 0) is 24.3 Å². The lowest BCUT2D eigenvalue weighted by Gasteiger charge is -2.05. The molecular weight excluding hydrogens is 320 g/mol. The van der Waals surface area contributed by atoms with Crippen molar-refractivity contribution in [2.45, 2.75) is 13.0 Å². The molecule has 1 aromatic carbocycles. The van der Waals surface area contributed by atoms with E-state index < -0.39 is 10.9 Å². The minimum atomic E-state index is -1.05. The summed E-state index contributed by atoms with van der Waals surface area (Å²) >= 11 is 0. The third-order valence-corrected chi connectivity index (χ3v) is 3.08. The van der Waals surface area contributed by atoms with Gasteiger partial charge < -0.3 is 15.2 Å². The average Bonchev–Trinajstić information content (AvgIpc) is 2.97. The third-order valence-electron chi connectivity index (χ3n) is 3.08. The highest BCUT2D eigenvalue weighted by Gasteiger charge is 2.20. The number of carboxylic acid groups (broad SMARTS) is 1. The maximum absolute atomic E-state index is 11.9. The molecule has 0 aliphatic heterocycles. The molecule has 10 heteroatoms. The molecule has 10 nitrogen and oxygen atoms in total. The molecule has 0 bridgehead atoms. The van der Waals surface area contributed by atoms with Crippen LogP contribution in [0.2, 0.25) is 0 Å². The Hall–Kier alpha value is -3.43. The molecule has 126 valence electrons. The molecule has 1 amide bonds. The second kappa shape index (κ2) is 7.22. The number of benzene rings is 1. The normalized spacial score (nSPS) is 10.2. The van der Waals surface area contributed by atoms with E-state index in [4.69, 9.17) is 9.84 Å². The average molecular weight is 334 g/mol. The zero-order chi connectivity index (χ0) is 17.7. The standard InChI is InChI=1S/C14H14N4O6/c1-24-13-11(18(22)23)8-17(16-13)7-6-12(19)15-10-4-2-9(3-5-10)14(20)21/h2-5,8H,6-7H2,1H3,(H,15,19)(H,20,21). The van der Waals surface area contributed by atoms with Crippen molar-refractivity contribution < 1.29 is 24.4 Å². The number of nitrogens with one attached hydrogen (secondary N) is 1. The van der Waals surface area contributed by atoms with E-state index in [-0.39, 0.29) is 36.0 Å². The number of carbonyl (C=O) groups is 2. The number of nitro groups is 1. The van der Waals surface area contributed by atoms with Crippen LogP contribution in [-0.2, 0) is 11.3 Å². The molecule has 2 rings (SSSR count). The maximum Gasteiger partial charge on any atom is 0.350 e. The Morgan fingerprint density at radius 3 is 2.54 bits per heavy atom. The molecule has 0 radical (unpaired) electrons. The summed E-state index contributed by atoms with van der Waals surface area (Å²) < 4.78 is 6.05. The van der Waals surface area contributed by atoms with Crippen molar-refractivity contribution in [3.63, 3.8) is 0 Å². The van der Waals surface area contributed by atoms with Crippen LogP contribution >= 0.6 is 0 Å². The molecule has 1 aromatic heterocycles. The van der Waals surface area contributed by atoms with Gasteiger partial charge in [0.1, 0.15) is 6.20 Å². The van der Waals surface area contributed by atoms with Crippen LogP contribution in [0.4, 0.5) is 11.4 Å². The topological polar surface area (TPSA) is 137 Å². The Morgan fingerprint density at radius 1 is 1.38 bits per heavy atom. The number of rotatable bonds is 7. The summed E-state index contributed by atoms with van der Waals surface area (Å²) in [6, 6.07) is 5.70. The Kier molecular flexibility index (Phi) is 5.09. The van der Waals surface area contributed by atoms with Gasteiger partial charge in [0.25, 0.3) is 0 Å². The fraction of sp³-hybridized carbons (Fsp3) is 0.214. The molecule has 0 aliphatic carbocycles. The number of nitrogens with zero attached hydrogens (tertiary/aromatic N) is 3. The van der Waals surface area contributed by atoms with Crippen LogP contribution in [-0.4, -0.2) is 38.8 Å². The van der Waals surface area contributed by atoms with Crippen LogP contribution < -0.4 is 10.1 Å². The van der Waals surface area contributed by atoms with Gasteiger partial charge in [0, 0.05) is 12.1 Å². The molecule has 0 spiro atoms. The first-order chi connectivity index (χ1) is 11.4. The number of amides is 1. The summed E-state index contributed by atoms with van der Waals surface area (Å²) in [5, 5.41) is 26.1. The van der Waals surface area contributed by atoms with Gasteiger partial charge in [-0.25, -0.2) is 4.79 Å². The molecule has 0 fully saturated rings. The van der Waals surface area contributed by atoms with Gasteiger partial charge in [0.2, 0.25) is 5.91 Å². The van der Waals surface area contributed by atoms with Gasteiger partial charge >= 0.3 is 17.5 Å². The van der Waals surface area contributed by atoms with E-state index in [1.165, 1.54) is 42.3 Å². The zero-order valence-electron chi connectivity index (χ0n) is 12.6. The number of hydrogen-bond acceptors (Lipinski definition) is 6. The lowest BCUT2D eigenvalue weighted by molar-refractivity contribution is -0.385. The van der Waals surface area contributed by atoms with Gasteiger partial charge in [-0.15, -0.1) is 5.10 Å². The summed E-state index contributed by atoms with van der Waals surface area (Å²) in [6.07, 6.45) is 1.22. The molecule has 0 aliphatic rings. The number of methoxy groups -OCH3 is 1. The summed E-state index contributed by atoms with van der Waals surface area (Å²) in [7, 11) is 1.27. The molecule has 1 heterocycles. The quantitative estimate of drug-likeness (QED) is 0.578. The highest BCUT2D eigenvalue weighted by atomic mass is 16.6. The summed E-state index contributed by atoms with van der Waals surface area (Å²) in [5.41, 5.74) is 0.292. The van der Waals surface area contributed by atoms with Gasteiger partial charge in [-0.3, -0.25) is 19.6 Å². The van der Waals surface area contributed by atoms with E-state index in [2.05, 4.69) is 10.4 Å². The number of hydrogen-bond donors (Lipinski definition) is 2. The second-order valence-corrected chi connectivity index (χ2v) is 4.72. The number of carboxylic acids is 1. The predicted octanol–water partition coefficient (Wildman–Crippen LogP) is 1.53. The Morgan fingerprint density at radius 2 is 2.04 bits per heavy atom. The van der Waals surface area contributed by atoms with Gasteiger partial charge in [-0.2, -0.15) is 0 Å². The molecule has 0 atom stereocenters. The molecule has 0 saturated heterocycles. The van der Waals surface area contributed by atoms with E-state index in [0.717, 1.165) is 0 Å². The fourth-order valence-corrected chi connectivity index (χ4v) is 1.91. The van der Waals surface area contributed by atoms with Crippen molar-refractivity contribution in [1.82, 2.24) is 9.78 Å². The van der Waals surface area contributed by atoms with Gasteiger partial charge in [-0.1, -0.05) is 0 Å². The lowest BCUT2D eigenvalue weighted by Crippen LogP contribution is -2.14. The molecule has 0 saturated carbocycles. The lowest BCUT2D eigenvalue weighted by atomic mass is 10.2. The molecular formula is C14H14N4O6. The van der Waals surface area contributed by atoms with E-state index >= 15 is 0 Å². The van der Waals surface area contributed by atoms with Crippen molar-refractivity contribution in [3.05, 3.63) is 46.1 Å². The van der Waals surface area contributed by atoms with Crippen LogP contribution in [0, 0.1) is 10.1 Å². The molecule has 24 heavy (non-hydrogen) atoms. The highest BCUT2D eigenvalue weighted by molar-refractivity contribution is 5.92. The largest absolute Gasteiger partial charge is 0.478 e. The second-order valence-electron chi connectivity index (χ2n) is 4.72. The minimum absolute atomic E-state index is 0.0304. The molecule has 2 N–H and O–H groups in total. The number of aryl methyl sites for hydroxylation is 1. The van der Waals surface area contributed by atoms with E-state index in [9.17, 15) is 19.7 Å². The van der Waals surface area contributed by atoms with Crippen LogP contribution in [0.5, 0.6) is 5.88 Å². The SMILES string of the molecule is COc1nn(CCC(=O)Nc2ccc(C(=O)O)cc2)cc1[N+](=O)[O-]. The number of aromatic carboxylic acids is 1. The highest BCUT2D eigenvalue weighted by Crippen LogP contribution is 2.24. The molecule has 2 aromatic rings. The smallest absolute Gasteiger partial charge is 0.350 e. The van der Waals surface area contributed by atoms with E-state index in [1.54, 1.807) is 0 Å². The molecule has 0 unspecified atom stereocenters. The van der Waals surface area contributed by atoms with Crippen LogP contribution in [0.25, 0.3) is 0 Å². The van der Waals surface area contributed by atoms with Crippen LogP contribution in [0.3, 0.4) is 0 Å². The summed E-state index contributed by atoms with van der Waals surface area (Å²) in [4.78, 5) is 32.8. The van der Waals surface area contributed by atoms with Crippen molar-refractivity contribution in [2.24, 2.45) is 0 Å². The van der Waals surface area contributed by atoms with Crippen LogP contribution in [0.1, 0.15) is 16.8 Å². The maximum atomic E-state index is 11.9. The first kappa shape index (κ1) is 16.9. The van der Waals surface area contributed by atoms with E-state index in [0.29, 0.717) is 5.69 Å². The Labute approximate surface area is 135 Å². The Bertz CT molecular complexity index is 768. The number of anilines is 1. The Balaban J connectivity index is 1.93. The minimum Gasteiger partial charge on any atom is -0.478 e. The van der Waals surface area contributed by atoms with Crippen molar-refractivity contribution in [2.75, 3.05) is 12.4 Å². The number of aromatic nitrogens is 2.